The van der Waals surface area contributed by atoms with Gasteiger partial charge in [0.15, 0.2) is 5.01 Å². The number of pyridine rings is 1. The van der Waals surface area contributed by atoms with Crippen molar-refractivity contribution in [2.75, 3.05) is 25.4 Å². The molecule has 0 spiro atoms. The molecule has 0 unspecified atom stereocenters. The van der Waals surface area contributed by atoms with Gasteiger partial charge in [0.1, 0.15) is 5.69 Å². The molecule has 3 aromatic heterocycles. The van der Waals surface area contributed by atoms with Gasteiger partial charge in [-0.05, 0) is 66.3 Å². The molecule has 13 heteroatoms. The maximum absolute atomic E-state index is 13.3. The second kappa shape index (κ2) is 11.3. The molecule has 2 N–H and O–H groups in total. The summed E-state index contributed by atoms with van der Waals surface area (Å²) in [7, 11) is 0.509. The molecule has 0 saturated heterocycles. The van der Waals surface area contributed by atoms with E-state index in [1.54, 1.807) is 30.7 Å². The fourth-order valence-corrected chi connectivity index (χ4v) is 5.79. The van der Waals surface area contributed by atoms with Crippen molar-refractivity contribution in [3.05, 3.63) is 47.6 Å². The van der Waals surface area contributed by atoms with Crippen LogP contribution >= 0.6 is 11.3 Å². The lowest BCUT2D eigenvalue weighted by Gasteiger charge is -2.36. The standard InChI is InChI=1S/C25H33N7O4S2/c1-6-36-22-15-26-13-20(29-22)21-14-28-24(37-21)23(33)30-19(12-25(2,3)32(4)5)18-11-16(9-10-27-18)31-38(34,35)17-7-8-17/h9-11,13-15,17,19H,6-8,12H2,1-5H3,(H,27,31)(H,30,33)/t19-/m1/s1. The Morgan fingerprint density at radius 2 is 2.00 bits per heavy atom. The Balaban J connectivity index is 1.57. The van der Waals surface area contributed by atoms with E-state index in [0.717, 1.165) is 0 Å². The topological polar surface area (TPSA) is 139 Å². The molecule has 1 amide bonds. The molecule has 0 aliphatic heterocycles. The van der Waals surface area contributed by atoms with Crippen molar-refractivity contribution in [3.63, 3.8) is 0 Å². The van der Waals surface area contributed by atoms with E-state index < -0.39 is 16.1 Å². The van der Waals surface area contributed by atoms with E-state index in [0.29, 0.717) is 53.7 Å². The Hall–Kier alpha value is -3.16. The highest BCUT2D eigenvalue weighted by Gasteiger charge is 2.36. The van der Waals surface area contributed by atoms with E-state index in [4.69, 9.17) is 4.74 Å². The summed E-state index contributed by atoms with van der Waals surface area (Å²) in [6, 6.07) is 2.79. The predicted octanol–water partition coefficient (Wildman–Crippen LogP) is 3.50. The summed E-state index contributed by atoms with van der Waals surface area (Å²) in [5.74, 6) is 0.0409. The van der Waals surface area contributed by atoms with Gasteiger partial charge in [0.05, 0.1) is 46.6 Å². The first-order valence-electron chi connectivity index (χ1n) is 12.4. The number of sulfonamides is 1. The Morgan fingerprint density at radius 3 is 2.68 bits per heavy atom. The molecule has 3 heterocycles. The van der Waals surface area contributed by atoms with Crippen molar-refractivity contribution in [2.45, 2.75) is 56.9 Å². The second-order valence-electron chi connectivity index (χ2n) is 9.96. The van der Waals surface area contributed by atoms with E-state index in [2.05, 4.69) is 48.7 Å². The molecule has 3 aromatic rings. The monoisotopic (exact) mass is 559 g/mol. The van der Waals surface area contributed by atoms with Crippen LogP contribution in [0.3, 0.4) is 0 Å². The number of rotatable bonds is 12. The van der Waals surface area contributed by atoms with E-state index in [1.165, 1.54) is 17.5 Å². The molecule has 11 nitrogen and oxygen atoms in total. The predicted molar refractivity (Wildman–Crippen MR) is 147 cm³/mol. The van der Waals surface area contributed by atoms with Gasteiger partial charge in [-0.15, -0.1) is 11.3 Å². The molecule has 38 heavy (non-hydrogen) atoms. The minimum atomic E-state index is -3.43. The van der Waals surface area contributed by atoms with Gasteiger partial charge in [0.25, 0.3) is 5.91 Å². The zero-order valence-electron chi connectivity index (χ0n) is 22.1. The van der Waals surface area contributed by atoms with E-state index in [1.807, 2.05) is 21.0 Å². The Labute approximate surface area is 227 Å². The first kappa shape index (κ1) is 27.9. The first-order chi connectivity index (χ1) is 18.0. The average molecular weight is 560 g/mol. The van der Waals surface area contributed by atoms with Crippen LogP contribution in [0.2, 0.25) is 0 Å². The summed E-state index contributed by atoms with van der Waals surface area (Å²) in [5.41, 5.74) is 1.24. The third-order valence-corrected chi connectivity index (χ3v) is 9.33. The molecule has 1 fully saturated rings. The molecule has 0 bridgehead atoms. The minimum Gasteiger partial charge on any atom is -0.477 e. The summed E-state index contributed by atoms with van der Waals surface area (Å²) in [5, 5.41) is 2.98. The minimum absolute atomic E-state index is 0.266. The van der Waals surface area contributed by atoms with Crippen LogP contribution < -0.4 is 14.8 Å². The highest BCUT2D eigenvalue weighted by atomic mass is 32.2. The van der Waals surface area contributed by atoms with E-state index in [-0.39, 0.29) is 21.7 Å². The molecule has 1 aliphatic carbocycles. The van der Waals surface area contributed by atoms with Crippen molar-refractivity contribution in [1.29, 1.82) is 0 Å². The van der Waals surface area contributed by atoms with Crippen molar-refractivity contribution >= 4 is 33.0 Å². The van der Waals surface area contributed by atoms with Crippen LogP contribution in [0.5, 0.6) is 5.88 Å². The van der Waals surface area contributed by atoms with Crippen LogP contribution in [0.25, 0.3) is 10.6 Å². The summed E-state index contributed by atoms with van der Waals surface area (Å²) in [6.07, 6.45) is 8.12. The third kappa shape index (κ3) is 6.83. The number of anilines is 1. The molecule has 1 aliphatic rings. The molecular weight excluding hydrogens is 526 g/mol. The number of nitrogens with zero attached hydrogens (tertiary/aromatic N) is 5. The number of amides is 1. The maximum atomic E-state index is 13.3. The Kier molecular flexibility index (Phi) is 8.28. The number of hydrogen-bond donors (Lipinski definition) is 2. The van der Waals surface area contributed by atoms with Crippen molar-refractivity contribution in [3.8, 4) is 16.5 Å². The fraction of sp³-hybridized carbons (Fsp3) is 0.480. The van der Waals surface area contributed by atoms with Crippen LogP contribution in [0.15, 0.2) is 36.9 Å². The average Bonchev–Trinajstić information content (AvgIpc) is 3.62. The lowest BCUT2D eigenvalue weighted by atomic mass is 9.92. The van der Waals surface area contributed by atoms with Gasteiger partial charge in [-0.25, -0.2) is 18.4 Å². The van der Waals surface area contributed by atoms with Gasteiger partial charge < -0.3 is 15.0 Å². The number of thiazole rings is 1. The van der Waals surface area contributed by atoms with Gasteiger partial charge >= 0.3 is 0 Å². The maximum Gasteiger partial charge on any atom is 0.280 e. The van der Waals surface area contributed by atoms with Crippen LogP contribution in [0.1, 0.15) is 61.6 Å². The van der Waals surface area contributed by atoms with Gasteiger partial charge in [0.2, 0.25) is 15.9 Å². The molecule has 1 atom stereocenters. The fourth-order valence-electron chi connectivity index (χ4n) is 3.64. The zero-order chi connectivity index (χ0) is 27.5. The van der Waals surface area contributed by atoms with E-state index >= 15 is 0 Å². The van der Waals surface area contributed by atoms with Crippen LogP contribution in [-0.2, 0) is 10.0 Å². The lowest BCUT2D eigenvalue weighted by Crippen LogP contribution is -2.43. The van der Waals surface area contributed by atoms with Gasteiger partial charge in [-0.1, -0.05) is 0 Å². The smallest absolute Gasteiger partial charge is 0.280 e. The van der Waals surface area contributed by atoms with Crippen LogP contribution in [-0.4, -0.2) is 70.7 Å². The number of nitrogens with one attached hydrogen (secondary N) is 2. The van der Waals surface area contributed by atoms with Crippen LogP contribution in [0.4, 0.5) is 5.69 Å². The quantitative estimate of drug-likeness (QED) is 0.341. The van der Waals surface area contributed by atoms with Crippen molar-refractivity contribution < 1.29 is 17.9 Å². The first-order valence-corrected chi connectivity index (χ1v) is 14.7. The summed E-state index contributed by atoms with van der Waals surface area (Å²) in [4.78, 5) is 33.5. The number of aromatic nitrogens is 4. The molecular formula is C25H33N7O4S2. The molecule has 204 valence electrons. The molecule has 4 rings (SSSR count). The third-order valence-electron chi connectivity index (χ3n) is 6.44. The second-order valence-corrected chi connectivity index (χ2v) is 12.9. The number of ether oxygens (including phenoxy) is 1. The van der Waals surface area contributed by atoms with E-state index in [9.17, 15) is 13.2 Å². The van der Waals surface area contributed by atoms with Gasteiger partial charge in [-0.3, -0.25) is 19.5 Å². The SMILES string of the molecule is CCOc1cncc(-c2cnc(C(=O)N[C@H](CC(C)(C)N(C)C)c3cc(NS(=O)(=O)C4CC4)ccn3)s2)n1. The number of hydrogen-bond acceptors (Lipinski definition) is 10. The summed E-state index contributed by atoms with van der Waals surface area (Å²) >= 11 is 1.20. The molecule has 0 radical (unpaired) electrons. The van der Waals surface area contributed by atoms with Crippen molar-refractivity contribution in [2.24, 2.45) is 0 Å². The van der Waals surface area contributed by atoms with Gasteiger partial charge in [-0.2, -0.15) is 0 Å². The van der Waals surface area contributed by atoms with Crippen LogP contribution in [0, 0.1) is 0 Å². The Morgan fingerprint density at radius 1 is 1.24 bits per heavy atom. The van der Waals surface area contributed by atoms with Crippen molar-refractivity contribution in [1.82, 2.24) is 30.2 Å². The highest BCUT2D eigenvalue weighted by molar-refractivity contribution is 7.93. The van der Waals surface area contributed by atoms with Gasteiger partial charge in [0, 0.05) is 17.9 Å². The molecule has 0 aromatic carbocycles. The normalized spacial score (nSPS) is 14.8. The summed E-state index contributed by atoms with van der Waals surface area (Å²) in [6.45, 7) is 6.47. The zero-order valence-corrected chi connectivity index (χ0v) is 23.8. The number of carbonyl (C=O) groups excluding carboxylic acids is 1. The molecule has 1 saturated carbocycles. The Bertz CT molecular complexity index is 1390. The highest BCUT2D eigenvalue weighted by Crippen LogP contribution is 2.32. The largest absolute Gasteiger partial charge is 0.477 e. The summed E-state index contributed by atoms with van der Waals surface area (Å²) < 4.78 is 33.0. The lowest BCUT2D eigenvalue weighted by molar-refractivity contribution is 0.0909. The number of carbonyl (C=O) groups is 1.